The maximum absolute atomic E-state index is 10.9. The van der Waals surface area contributed by atoms with E-state index in [1.807, 2.05) is 11.8 Å². The summed E-state index contributed by atoms with van der Waals surface area (Å²) in [6.45, 7) is 0.962. The minimum atomic E-state index is 0.201. The molecule has 2 rings (SSSR count). The fourth-order valence-electron chi connectivity index (χ4n) is 1.38. The third-order valence-electron chi connectivity index (χ3n) is 2.05. The Morgan fingerprint density at radius 2 is 2.62 bits per heavy atom. The molecule has 0 bridgehead atoms. The highest BCUT2D eigenvalue weighted by molar-refractivity contribution is 8.39. The summed E-state index contributed by atoms with van der Waals surface area (Å²) in [4.78, 5) is 15.2. The zero-order chi connectivity index (χ0) is 9.10. The number of amides is 1. The van der Waals surface area contributed by atoms with Crippen LogP contribution in [0.5, 0.6) is 0 Å². The van der Waals surface area contributed by atoms with Gasteiger partial charge in [-0.05, 0) is 6.42 Å². The molecule has 3 nitrogen and oxygen atoms in total. The predicted octanol–water partition coefficient (Wildman–Crippen LogP) is 1.10. The quantitative estimate of drug-likeness (QED) is 0.751. The number of aliphatic imine (C=N–C) groups is 1. The van der Waals surface area contributed by atoms with E-state index in [0.717, 1.165) is 24.5 Å². The molecule has 13 heavy (non-hydrogen) atoms. The van der Waals surface area contributed by atoms with Crippen molar-refractivity contribution in [3.05, 3.63) is 0 Å². The molecule has 0 radical (unpaired) electrons. The molecular formula is C8H12N2OS2. The van der Waals surface area contributed by atoms with Gasteiger partial charge < -0.3 is 5.32 Å². The summed E-state index contributed by atoms with van der Waals surface area (Å²) in [7, 11) is 0. The van der Waals surface area contributed by atoms with Crippen LogP contribution in [0.15, 0.2) is 4.99 Å². The summed E-state index contributed by atoms with van der Waals surface area (Å²) >= 11 is 3.61. The molecule has 1 N–H and O–H groups in total. The zero-order valence-corrected chi connectivity index (χ0v) is 8.92. The van der Waals surface area contributed by atoms with Crippen molar-refractivity contribution in [1.82, 2.24) is 5.32 Å². The lowest BCUT2D eigenvalue weighted by atomic mass is 10.2. The molecule has 1 unspecified atom stereocenters. The summed E-state index contributed by atoms with van der Waals surface area (Å²) < 4.78 is 1.20. The first-order valence-corrected chi connectivity index (χ1v) is 6.41. The number of carbonyl (C=O) groups is 1. The minimum absolute atomic E-state index is 0.201. The second-order valence-corrected chi connectivity index (χ2v) is 5.46. The van der Waals surface area contributed by atoms with E-state index in [1.165, 1.54) is 4.38 Å². The van der Waals surface area contributed by atoms with Gasteiger partial charge in [0.2, 0.25) is 5.91 Å². The minimum Gasteiger partial charge on any atom is -0.353 e. The van der Waals surface area contributed by atoms with Crippen LogP contribution in [0.25, 0.3) is 0 Å². The van der Waals surface area contributed by atoms with Gasteiger partial charge in [-0.2, -0.15) is 0 Å². The standard InChI is InChI=1S/C8H12N2OS2/c11-7-2-1-6(10-7)5-13-8-9-3-4-12-8/h6H,1-5H2,(H,10,11). The lowest BCUT2D eigenvalue weighted by Crippen LogP contribution is -2.27. The van der Waals surface area contributed by atoms with Crippen LogP contribution in [-0.4, -0.2) is 34.4 Å². The van der Waals surface area contributed by atoms with Gasteiger partial charge in [-0.1, -0.05) is 23.5 Å². The Balaban J connectivity index is 1.70. The van der Waals surface area contributed by atoms with E-state index in [2.05, 4.69) is 10.3 Å². The maximum atomic E-state index is 10.9. The molecule has 1 fully saturated rings. The van der Waals surface area contributed by atoms with Crippen molar-refractivity contribution >= 4 is 33.8 Å². The van der Waals surface area contributed by atoms with E-state index in [4.69, 9.17) is 0 Å². The van der Waals surface area contributed by atoms with Crippen molar-refractivity contribution in [2.24, 2.45) is 4.99 Å². The molecule has 1 amide bonds. The Labute approximate surface area is 86.1 Å². The van der Waals surface area contributed by atoms with Gasteiger partial charge in [0.15, 0.2) is 0 Å². The molecular weight excluding hydrogens is 204 g/mol. The van der Waals surface area contributed by atoms with Gasteiger partial charge in [-0.25, -0.2) is 0 Å². The van der Waals surface area contributed by atoms with Crippen LogP contribution in [-0.2, 0) is 4.79 Å². The number of nitrogens with one attached hydrogen (secondary N) is 1. The summed E-state index contributed by atoms with van der Waals surface area (Å²) in [6.07, 6.45) is 1.69. The van der Waals surface area contributed by atoms with Crippen molar-refractivity contribution in [2.75, 3.05) is 18.1 Å². The first kappa shape index (κ1) is 9.40. The van der Waals surface area contributed by atoms with Crippen molar-refractivity contribution in [3.8, 4) is 0 Å². The molecule has 2 aliphatic rings. The van der Waals surface area contributed by atoms with E-state index in [0.29, 0.717) is 12.5 Å². The predicted molar refractivity (Wildman–Crippen MR) is 58.4 cm³/mol. The van der Waals surface area contributed by atoms with Gasteiger partial charge in [-0.3, -0.25) is 9.79 Å². The van der Waals surface area contributed by atoms with Gasteiger partial charge in [0.05, 0.1) is 6.54 Å². The summed E-state index contributed by atoms with van der Waals surface area (Å²) in [5.41, 5.74) is 0. The number of rotatable bonds is 2. The molecule has 0 aromatic heterocycles. The lowest BCUT2D eigenvalue weighted by molar-refractivity contribution is -0.119. The lowest BCUT2D eigenvalue weighted by Gasteiger charge is -2.07. The molecule has 2 heterocycles. The van der Waals surface area contributed by atoms with Crippen molar-refractivity contribution < 1.29 is 4.79 Å². The largest absolute Gasteiger partial charge is 0.353 e. The first-order chi connectivity index (χ1) is 6.34. The normalized spacial score (nSPS) is 27.5. The molecule has 2 aliphatic heterocycles. The highest BCUT2D eigenvalue weighted by atomic mass is 32.2. The molecule has 0 spiro atoms. The fraction of sp³-hybridized carbons (Fsp3) is 0.750. The SMILES string of the molecule is O=C1CCC(CSC2=NCCS2)N1. The molecule has 0 saturated carbocycles. The Kier molecular flexibility index (Phi) is 3.16. The van der Waals surface area contributed by atoms with Crippen LogP contribution in [0, 0.1) is 0 Å². The topological polar surface area (TPSA) is 41.5 Å². The summed E-state index contributed by atoms with van der Waals surface area (Å²) in [5, 5.41) is 2.95. The van der Waals surface area contributed by atoms with Crippen LogP contribution in [0.3, 0.4) is 0 Å². The average Bonchev–Trinajstić information content (AvgIpc) is 2.71. The van der Waals surface area contributed by atoms with E-state index in [9.17, 15) is 4.79 Å². The number of hydrogen-bond acceptors (Lipinski definition) is 4. The average molecular weight is 216 g/mol. The summed E-state index contributed by atoms with van der Waals surface area (Å²) in [5.74, 6) is 2.31. The van der Waals surface area contributed by atoms with E-state index in [1.54, 1.807) is 11.8 Å². The monoisotopic (exact) mass is 216 g/mol. The molecule has 0 aromatic rings. The summed E-state index contributed by atoms with van der Waals surface area (Å²) in [6, 6.07) is 0.376. The van der Waals surface area contributed by atoms with Gasteiger partial charge in [-0.15, -0.1) is 0 Å². The van der Waals surface area contributed by atoms with Crippen LogP contribution in [0.4, 0.5) is 0 Å². The molecule has 5 heteroatoms. The van der Waals surface area contributed by atoms with E-state index < -0.39 is 0 Å². The number of carbonyl (C=O) groups excluding carboxylic acids is 1. The Bertz CT molecular complexity index is 242. The molecule has 0 aliphatic carbocycles. The van der Waals surface area contributed by atoms with Crippen molar-refractivity contribution in [1.29, 1.82) is 0 Å². The number of nitrogens with zero attached hydrogens (tertiary/aromatic N) is 1. The van der Waals surface area contributed by atoms with Crippen molar-refractivity contribution in [3.63, 3.8) is 0 Å². The molecule has 1 atom stereocenters. The smallest absolute Gasteiger partial charge is 0.220 e. The van der Waals surface area contributed by atoms with E-state index in [-0.39, 0.29) is 5.91 Å². The third-order valence-corrected chi connectivity index (χ3v) is 4.47. The van der Waals surface area contributed by atoms with Crippen LogP contribution in [0.2, 0.25) is 0 Å². The zero-order valence-electron chi connectivity index (χ0n) is 7.28. The van der Waals surface area contributed by atoms with Gasteiger partial charge in [0.25, 0.3) is 0 Å². The second-order valence-electron chi connectivity index (χ2n) is 3.11. The Morgan fingerprint density at radius 3 is 3.23 bits per heavy atom. The number of hydrogen-bond donors (Lipinski definition) is 1. The molecule has 0 aromatic carbocycles. The van der Waals surface area contributed by atoms with Crippen LogP contribution < -0.4 is 5.32 Å². The molecule has 1 saturated heterocycles. The van der Waals surface area contributed by atoms with Gasteiger partial charge in [0, 0.05) is 24.0 Å². The maximum Gasteiger partial charge on any atom is 0.220 e. The second kappa shape index (κ2) is 4.37. The Hall–Kier alpha value is -0.160. The third kappa shape index (κ3) is 2.64. The highest BCUT2D eigenvalue weighted by Crippen LogP contribution is 2.24. The van der Waals surface area contributed by atoms with Gasteiger partial charge >= 0.3 is 0 Å². The van der Waals surface area contributed by atoms with E-state index >= 15 is 0 Å². The van der Waals surface area contributed by atoms with Crippen LogP contribution >= 0.6 is 23.5 Å². The first-order valence-electron chi connectivity index (χ1n) is 4.44. The van der Waals surface area contributed by atoms with Gasteiger partial charge in [0.1, 0.15) is 4.38 Å². The van der Waals surface area contributed by atoms with Crippen molar-refractivity contribution in [2.45, 2.75) is 18.9 Å². The fourth-order valence-corrected chi connectivity index (χ4v) is 3.48. The number of thioether (sulfide) groups is 2. The van der Waals surface area contributed by atoms with Crippen LogP contribution in [0.1, 0.15) is 12.8 Å². The Morgan fingerprint density at radius 1 is 1.69 bits per heavy atom. The molecule has 72 valence electrons. The highest BCUT2D eigenvalue weighted by Gasteiger charge is 2.21.